The summed E-state index contributed by atoms with van der Waals surface area (Å²) in [6.07, 6.45) is 0.0247. The summed E-state index contributed by atoms with van der Waals surface area (Å²) < 4.78 is 11.5. The van der Waals surface area contributed by atoms with Crippen molar-refractivity contribution in [2.45, 2.75) is 26.5 Å². The number of para-hydroxylation sites is 2. The van der Waals surface area contributed by atoms with Gasteiger partial charge in [-0.3, -0.25) is 4.99 Å². The lowest BCUT2D eigenvalue weighted by molar-refractivity contribution is 0.224. The molecule has 0 amide bonds. The SMILES string of the molecule is CCOc1ccccc1CNC(=NC)NCC(C)Oc1ccccc1.I. The molecule has 2 aromatic rings. The second-order valence-electron chi connectivity index (χ2n) is 5.59. The largest absolute Gasteiger partial charge is 0.494 e. The van der Waals surface area contributed by atoms with Crippen LogP contribution >= 0.6 is 24.0 Å². The third kappa shape index (κ3) is 7.51. The molecule has 0 spiro atoms. The molecule has 1 unspecified atom stereocenters. The average Bonchev–Trinajstić information content (AvgIpc) is 2.64. The molecule has 142 valence electrons. The summed E-state index contributed by atoms with van der Waals surface area (Å²) in [6.45, 7) is 5.96. The quantitative estimate of drug-likeness (QED) is 0.351. The van der Waals surface area contributed by atoms with Gasteiger partial charge in [0.15, 0.2) is 5.96 Å². The Balaban J connectivity index is 0.00000338. The van der Waals surface area contributed by atoms with Gasteiger partial charge in [0.1, 0.15) is 17.6 Å². The molecule has 0 radical (unpaired) electrons. The van der Waals surface area contributed by atoms with E-state index >= 15 is 0 Å². The van der Waals surface area contributed by atoms with Crippen LogP contribution < -0.4 is 20.1 Å². The van der Waals surface area contributed by atoms with Crippen LogP contribution in [0.2, 0.25) is 0 Å². The number of halogens is 1. The van der Waals surface area contributed by atoms with Gasteiger partial charge in [0, 0.05) is 19.2 Å². The normalized spacial score (nSPS) is 11.9. The van der Waals surface area contributed by atoms with Crippen LogP contribution in [0.15, 0.2) is 59.6 Å². The second kappa shape index (κ2) is 12.4. The van der Waals surface area contributed by atoms with Crippen molar-refractivity contribution in [3.63, 3.8) is 0 Å². The first-order valence-electron chi connectivity index (χ1n) is 8.59. The fraction of sp³-hybridized carbons (Fsp3) is 0.350. The Morgan fingerprint density at radius 1 is 1.04 bits per heavy atom. The van der Waals surface area contributed by atoms with E-state index in [1.807, 2.05) is 68.4 Å². The van der Waals surface area contributed by atoms with Crippen molar-refractivity contribution in [3.05, 3.63) is 60.2 Å². The maximum atomic E-state index is 5.86. The minimum atomic E-state index is 0. The Morgan fingerprint density at radius 3 is 2.42 bits per heavy atom. The van der Waals surface area contributed by atoms with Crippen molar-refractivity contribution >= 4 is 29.9 Å². The third-order valence-corrected chi connectivity index (χ3v) is 3.58. The number of nitrogens with zero attached hydrogens (tertiary/aromatic N) is 1. The monoisotopic (exact) mass is 469 g/mol. The van der Waals surface area contributed by atoms with Crippen LogP contribution in [0.25, 0.3) is 0 Å². The lowest BCUT2D eigenvalue weighted by Gasteiger charge is -2.18. The highest BCUT2D eigenvalue weighted by Gasteiger charge is 2.07. The molecule has 0 fully saturated rings. The summed E-state index contributed by atoms with van der Waals surface area (Å²) in [5, 5.41) is 6.59. The molecule has 6 heteroatoms. The number of benzene rings is 2. The van der Waals surface area contributed by atoms with E-state index in [1.54, 1.807) is 7.05 Å². The van der Waals surface area contributed by atoms with Crippen LogP contribution in [0, 0.1) is 0 Å². The molecule has 5 nitrogen and oxygen atoms in total. The molecular weight excluding hydrogens is 441 g/mol. The summed E-state index contributed by atoms with van der Waals surface area (Å²) in [4.78, 5) is 4.26. The Bertz CT molecular complexity index is 665. The van der Waals surface area contributed by atoms with Crippen molar-refractivity contribution in [2.24, 2.45) is 4.99 Å². The van der Waals surface area contributed by atoms with E-state index < -0.39 is 0 Å². The molecule has 0 heterocycles. The number of ether oxygens (including phenoxy) is 2. The molecule has 0 aliphatic rings. The first-order valence-corrected chi connectivity index (χ1v) is 8.59. The minimum Gasteiger partial charge on any atom is -0.494 e. The molecule has 0 saturated heterocycles. The molecule has 0 aliphatic carbocycles. The van der Waals surface area contributed by atoms with Crippen LogP contribution in [0.3, 0.4) is 0 Å². The first-order chi connectivity index (χ1) is 12.2. The molecular formula is C20H28IN3O2. The number of hydrogen-bond donors (Lipinski definition) is 2. The van der Waals surface area contributed by atoms with Gasteiger partial charge < -0.3 is 20.1 Å². The van der Waals surface area contributed by atoms with E-state index in [0.717, 1.165) is 23.0 Å². The summed E-state index contributed by atoms with van der Waals surface area (Å²) >= 11 is 0. The van der Waals surface area contributed by atoms with Crippen molar-refractivity contribution in [1.82, 2.24) is 10.6 Å². The highest BCUT2D eigenvalue weighted by molar-refractivity contribution is 14.0. The zero-order valence-electron chi connectivity index (χ0n) is 15.6. The molecule has 2 rings (SSSR count). The zero-order chi connectivity index (χ0) is 17.9. The predicted octanol–water partition coefficient (Wildman–Crippen LogP) is 3.84. The van der Waals surface area contributed by atoms with E-state index in [2.05, 4.69) is 15.6 Å². The van der Waals surface area contributed by atoms with E-state index in [4.69, 9.17) is 9.47 Å². The highest BCUT2D eigenvalue weighted by Crippen LogP contribution is 2.17. The summed E-state index contributed by atoms with van der Waals surface area (Å²) in [7, 11) is 1.76. The van der Waals surface area contributed by atoms with Crippen LogP contribution in [-0.2, 0) is 6.54 Å². The standard InChI is InChI=1S/C20H27N3O2.HI/c1-4-24-19-13-9-8-10-17(19)15-23-20(21-3)22-14-16(2)25-18-11-6-5-7-12-18;/h5-13,16H,4,14-15H2,1-3H3,(H2,21,22,23);1H. The summed E-state index contributed by atoms with van der Waals surface area (Å²) in [6, 6.07) is 17.8. The minimum absolute atomic E-state index is 0. The van der Waals surface area contributed by atoms with Gasteiger partial charge in [-0.15, -0.1) is 24.0 Å². The second-order valence-corrected chi connectivity index (χ2v) is 5.59. The van der Waals surface area contributed by atoms with Crippen LogP contribution in [-0.4, -0.2) is 32.3 Å². The van der Waals surface area contributed by atoms with Gasteiger partial charge in [0.05, 0.1) is 13.2 Å². The van der Waals surface area contributed by atoms with E-state index in [-0.39, 0.29) is 30.1 Å². The maximum absolute atomic E-state index is 5.86. The third-order valence-electron chi connectivity index (χ3n) is 3.58. The molecule has 2 aromatic carbocycles. The smallest absolute Gasteiger partial charge is 0.191 e. The number of rotatable bonds is 8. The van der Waals surface area contributed by atoms with E-state index in [1.165, 1.54) is 0 Å². The summed E-state index contributed by atoms with van der Waals surface area (Å²) in [5.41, 5.74) is 1.10. The Hall–Kier alpha value is -1.96. The van der Waals surface area contributed by atoms with Gasteiger partial charge >= 0.3 is 0 Å². The summed E-state index contributed by atoms with van der Waals surface area (Å²) in [5.74, 6) is 2.49. The van der Waals surface area contributed by atoms with Gasteiger partial charge in [0.25, 0.3) is 0 Å². The number of hydrogen-bond acceptors (Lipinski definition) is 3. The van der Waals surface area contributed by atoms with Crippen LogP contribution in [0.1, 0.15) is 19.4 Å². The molecule has 26 heavy (non-hydrogen) atoms. The van der Waals surface area contributed by atoms with Crippen molar-refractivity contribution in [3.8, 4) is 11.5 Å². The van der Waals surface area contributed by atoms with Crippen LogP contribution in [0.4, 0.5) is 0 Å². The van der Waals surface area contributed by atoms with Gasteiger partial charge in [-0.05, 0) is 32.0 Å². The van der Waals surface area contributed by atoms with Gasteiger partial charge in [-0.1, -0.05) is 36.4 Å². The van der Waals surface area contributed by atoms with E-state index in [0.29, 0.717) is 19.7 Å². The zero-order valence-corrected chi connectivity index (χ0v) is 17.9. The molecule has 0 aliphatic heterocycles. The molecule has 0 bridgehead atoms. The highest BCUT2D eigenvalue weighted by atomic mass is 127. The fourth-order valence-electron chi connectivity index (χ4n) is 2.36. The first kappa shape index (κ1) is 22.1. The lowest BCUT2D eigenvalue weighted by atomic mass is 10.2. The topological polar surface area (TPSA) is 54.9 Å². The van der Waals surface area contributed by atoms with Gasteiger partial charge in [-0.25, -0.2) is 0 Å². The predicted molar refractivity (Wildman–Crippen MR) is 118 cm³/mol. The number of aliphatic imine (C=N–C) groups is 1. The van der Waals surface area contributed by atoms with Crippen LogP contribution in [0.5, 0.6) is 11.5 Å². The van der Waals surface area contributed by atoms with Crippen molar-refractivity contribution in [2.75, 3.05) is 20.2 Å². The van der Waals surface area contributed by atoms with E-state index in [9.17, 15) is 0 Å². The lowest BCUT2D eigenvalue weighted by Crippen LogP contribution is -2.41. The number of guanidine groups is 1. The Labute approximate surface area is 173 Å². The fourth-order valence-corrected chi connectivity index (χ4v) is 2.36. The Morgan fingerprint density at radius 2 is 1.73 bits per heavy atom. The van der Waals surface area contributed by atoms with Crippen molar-refractivity contribution < 1.29 is 9.47 Å². The van der Waals surface area contributed by atoms with Gasteiger partial charge in [0.2, 0.25) is 0 Å². The van der Waals surface area contributed by atoms with Gasteiger partial charge in [-0.2, -0.15) is 0 Å². The molecule has 0 saturated carbocycles. The number of nitrogens with one attached hydrogen (secondary N) is 2. The molecule has 0 aromatic heterocycles. The maximum Gasteiger partial charge on any atom is 0.191 e. The average molecular weight is 469 g/mol. The van der Waals surface area contributed by atoms with Crippen molar-refractivity contribution in [1.29, 1.82) is 0 Å². The molecule has 1 atom stereocenters. The molecule has 2 N–H and O–H groups in total. The Kier molecular flexibility index (Phi) is 10.5.